The second-order valence-electron chi connectivity index (χ2n) is 7.07. The number of imidazole rings is 1. The quantitative estimate of drug-likeness (QED) is 0.726. The number of hydrogen-bond acceptors (Lipinski definition) is 4. The average molecular weight is 377 g/mol. The lowest BCUT2D eigenvalue weighted by Gasteiger charge is -2.24. The number of fused-ring (bicyclic) bond motifs is 1. The van der Waals surface area contributed by atoms with E-state index >= 15 is 0 Å². The molecule has 4 rings (SSSR count). The molecule has 0 radical (unpaired) electrons. The maximum atomic E-state index is 12.4. The summed E-state index contributed by atoms with van der Waals surface area (Å²) < 4.78 is 13.2. The zero-order chi connectivity index (χ0) is 19.7. The minimum Gasteiger partial charge on any atom is -0.493 e. The fourth-order valence-electron chi connectivity index (χ4n) is 3.52. The van der Waals surface area contributed by atoms with Gasteiger partial charge >= 0.3 is 0 Å². The topological polar surface area (TPSA) is 65.4 Å². The lowest BCUT2D eigenvalue weighted by molar-refractivity contribution is -0.116. The summed E-state index contributed by atoms with van der Waals surface area (Å²) in [5, 5.41) is 2.98. The summed E-state index contributed by atoms with van der Waals surface area (Å²) in [6.45, 7) is 3.95. The van der Waals surface area contributed by atoms with E-state index in [2.05, 4.69) is 10.3 Å². The number of nitrogens with zero attached hydrogens (tertiary/aromatic N) is 2. The molecule has 1 aromatic heterocycles. The van der Waals surface area contributed by atoms with E-state index in [-0.39, 0.29) is 17.9 Å². The molecule has 0 spiro atoms. The van der Waals surface area contributed by atoms with E-state index in [1.807, 2.05) is 66.9 Å². The van der Waals surface area contributed by atoms with Crippen molar-refractivity contribution in [1.82, 2.24) is 9.55 Å². The maximum absolute atomic E-state index is 12.4. The standard InChI is InChI=1S/C22H23N3O3/c1-14(2)28-18-10-9-15(11-19(18)27-3)17-12-20(26)24-22-21(17)23-13-25(22)16-7-5-4-6-8-16/h4-11,13-14,17H,12H2,1-3H3,(H,24,26)/t17-/m1/s1. The third-order valence-corrected chi connectivity index (χ3v) is 4.76. The summed E-state index contributed by atoms with van der Waals surface area (Å²) in [7, 11) is 1.62. The smallest absolute Gasteiger partial charge is 0.226 e. The van der Waals surface area contributed by atoms with Gasteiger partial charge in [-0.2, -0.15) is 0 Å². The Labute approximate surface area is 164 Å². The second-order valence-corrected chi connectivity index (χ2v) is 7.07. The largest absolute Gasteiger partial charge is 0.493 e. The Bertz CT molecular complexity index is 996. The lowest BCUT2D eigenvalue weighted by Crippen LogP contribution is -2.25. The van der Waals surface area contributed by atoms with Crippen LogP contribution < -0.4 is 14.8 Å². The fourth-order valence-corrected chi connectivity index (χ4v) is 3.52. The van der Waals surface area contributed by atoms with Crippen molar-refractivity contribution in [3.8, 4) is 17.2 Å². The Kier molecular flexibility index (Phi) is 4.77. The van der Waals surface area contributed by atoms with Gasteiger partial charge in [0.15, 0.2) is 11.5 Å². The number of para-hydroxylation sites is 1. The first-order valence-corrected chi connectivity index (χ1v) is 9.34. The van der Waals surface area contributed by atoms with Crippen molar-refractivity contribution >= 4 is 11.7 Å². The van der Waals surface area contributed by atoms with Crippen LogP contribution in [0.15, 0.2) is 54.9 Å². The molecule has 1 N–H and O–H groups in total. The fraction of sp³-hybridized carbons (Fsp3) is 0.273. The van der Waals surface area contributed by atoms with Crippen LogP contribution in [0.1, 0.15) is 37.4 Å². The number of carbonyl (C=O) groups is 1. The molecular formula is C22H23N3O3. The van der Waals surface area contributed by atoms with Crippen molar-refractivity contribution in [1.29, 1.82) is 0 Å². The highest BCUT2D eigenvalue weighted by Gasteiger charge is 2.31. The van der Waals surface area contributed by atoms with Crippen LogP contribution in [0.4, 0.5) is 5.82 Å². The number of carbonyl (C=O) groups excluding carboxylic acids is 1. The number of hydrogen-bond donors (Lipinski definition) is 1. The first-order chi connectivity index (χ1) is 13.6. The van der Waals surface area contributed by atoms with E-state index in [9.17, 15) is 4.79 Å². The number of rotatable bonds is 5. The number of nitrogens with one attached hydrogen (secondary N) is 1. The zero-order valence-corrected chi connectivity index (χ0v) is 16.2. The summed E-state index contributed by atoms with van der Waals surface area (Å²) in [5.41, 5.74) is 2.78. The van der Waals surface area contributed by atoms with Crippen molar-refractivity contribution in [2.24, 2.45) is 0 Å². The Morgan fingerprint density at radius 1 is 1.14 bits per heavy atom. The van der Waals surface area contributed by atoms with Crippen molar-refractivity contribution < 1.29 is 14.3 Å². The van der Waals surface area contributed by atoms with E-state index in [1.165, 1.54) is 0 Å². The molecule has 0 unspecified atom stereocenters. The zero-order valence-electron chi connectivity index (χ0n) is 16.2. The molecule has 0 fully saturated rings. The highest BCUT2D eigenvalue weighted by Crippen LogP contribution is 2.40. The third kappa shape index (κ3) is 3.33. The molecule has 1 aliphatic rings. The van der Waals surface area contributed by atoms with Crippen molar-refractivity contribution in [3.05, 3.63) is 66.1 Å². The summed E-state index contributed by atoms with van der Waals surface area (Å²) in [6.07, 6.45) is 2.15. The molecule has 0 aliphatic carbocycles. The van der Waals surface area contributed by atoms with Gasteiger partial charge in [-0.05, 0) is 43.7 Å². The van der Waals surface area contributed by atoms with Crippen LogP contribution in [0.2, 0.25) is 0 Å². The van der Waals surface area contributed by atoms with E-state index < -0.39 is 0 Å². The van der Waals surface area contributed by atoms with Crippen molar-refractivity contribution in [3.63, 3.8) is 0 Å². The average Bonchev–Trinajstić information content (AvgIpc) is 3.11. The minimum atomic E-state index is -0.143. The van der Waals surface area contributed by atoms with Crippen LogP contribution in [0.5, 0.6) is 11.5 Å². The molecule has 28 heavy (non-hydrogen) atoms. The number of methoxy groups -OCH3 is 1. The van der Waals surface area contributed by atoms with Gasteiger partial charge in [-0.1, -0.05) is 24.3 Å². The Morgan fingerprint density at radius 3 is 2.64 bits per heavy atom. The molecule has 2 heterocycles. The molecule has 6 nitrogen and oxygen atoms in total. The monoisotopic (exact) mass is 377 g/mol. The number of aromatic nitrogens is 2. The molecule has 2 aromatic carbocycles. The molecule has 0 saturated carbocycles. The molecular weight excluding hydrogens is 354 g/mol. The normalized spacial score (nSPS) is 15.9. The van der Waals surface area contributed by atoms with E-state index in [4.69, 9.17) is 9.47 Å². The van der Waals surface area contributed by atoms with E-state index in [1.54, 1.807) is 13.4 Å². The van der Waals surface area contributed by atoms with E-state index in [0.29, 0.717) is 23.7 Å². The van der Waals surface area contributed by atoms with Crippen LogP contribution in [0.25, 0.3) is 5.69 Å². The second kappa shape index (κ2) is 7.38. The highest BCUT2D eigenvalue weighted by molar-refractivity contribution is 5.94. The third-order valence-electron chi connectivity index (χ3n) is 4.76. The number of amides is 1. The van der Waals surface area contributed by atoms with E-state index in [0.717, 1.165) is 16.9 Å². The summed E-state index contributed by atoms with van der Waals surface area (Å²) in [5.74, 6) is 1.89. The first kappa shape index (κ1) is 18.1. The van der Waals surface area contributed by atoms with Crippen LogP contribution >= 0.6 is 0 Å². The van der Waals surface area contributed by atoms with Gasteiger partial charge in [-0.15, -0.1) is 0 Å². The van der Waals surface area contributed by atoms with Crippen LogP contribution in [-0.4, -0.2) is 28.7 Å². The summed E-state index contributed by atoms with van der Waals surface area (Å²) in [6, 6.07) is 15.7. The molecule has 1 aliphatic heterocycles. The van der Waals surface area contributed by atoms with Gasteiger partial charge in [0.25, 0.3) is 0 Å². The number of benzene rings is 2. The molecule has 144 valence electrons. The predicted molar refractivity (Wildman–Crippen MR) is 107 cm³/mol. The van der Waals surface area contributed by atoms with Gasteiger partial charge in [0.2, 0.25) is 5.91 Å². The molecule has 0 bridgehead atoms. The predicted octanol–water partition coefficient (Wildman–Crippen LogP) is 4.14. The Morgan fingerprint density at radius 2 is 1.93 bits per heavy atom. The van der Waals surface area contributed by atoms with Crippen molar-refractivity contribution in [2.45, 2.75) is 32.3 Å². The van der Waals surface area contributed by atoms with Gasteiger partial charge in [0, 0.05) is 18.0 Å². The maximum Gasteiger partial charge on any atom is 0.226 e. The van der Waals surface area contributed by atoms with Gasteiger partial charge in [0.05, 0.1) is 18.9 Å². The van der Waals surface area contributed by atoms with Gasteiger partial charge in [0.1, 0.15) is 12.1 Å². The van der Waals surface area contributed by atoms with Gasteiger partial charge in [-0.25, -0.2) is 4.98 Å². The van der Waals surface area contributed by atoms with Crippen molar-refractivity contribution in [2.75, 3.05) is 12.4 Å². The summed E-state index contributed by atoms with van der Waals surface area (Å²) in [4.78, 5) is 17.1. The molecule has 1 amide bonds. The molecule has 3 aromatic rings. The molecule has 6 heteroatoms. The molecule has 0 saturated heterocycles. The van der Waals surface area contributed by atoms with Crippen LogP contribution in [0, 0.1) is 0 Å². The summed E-state index contributed by atoms with van der Waals surface area (Å²) >= 11 is 0. The van der Waals surface area contributed by atoms with Crippen LogP contribution in [-0.2, 0) is 4.79 Å². The number of ether oxygens (including phenoxy) is 2. The number of anilines is 1. The lowest BCUT2D eigenvalue weighted by atomic mass is 9.89. The Hall–Kier alpha value is -3.28. The van der Waals surface area contributed by atoms with Gasteiger partial charge < -0.3 is 14.8 Å². The Balaban J connectivity index is 1.75. The molecule has 1 atom stereocenters. The van der Waals surface area contributed by atoms with Gasteiger partial charge in [-0.3, -0.25) is 9.36 Å². The SMILES string of the molecule is COc1cc([C@H]2CC(=O)Nc3c2ncn3-c2ccccc2)ccc1OC(C)C. The van der Waals surface area contributed by atoms with Crippen LogP contribution in [0.3, 0.4) is 0 Å². The highest BCUT2D eigenvalue weighted by atomic mass is 16.5. The minimum absolute atomic E-state index is 0.0309. The first-order valence-electron chi connectivity index (χ1n) is 9.34.